The van der Waals surface area contributed by atoms with Crippen LogP contribution in [0.2, 0.25) is 0 Å². The Balaban J connectivity index is 2.66. The zero-order valence-electron chi connectivity index (χ0n) is 11.8. The maximum atomic E-state index is 12.0. The number of para-hydroxylation sites is 1. The zero-order chi connectivity index (χ0) is 14.5. The second-order valence-corrected chi connectivity index (χ2v) is 5.24. The largest absolute Gasteiger partial charge is 0.394 e. The Morgan fingerprint density at radius 3 is 2.63 bits per heavy atom. The number of hydrogen-bond donors (Lipinski definition) is 3. The van der Waals surface area contributed by atoms with Gasteiger partial charge in [-0.15, -0.1) is 0 Å². The van der Waals surface area contributed by atoms with Crippen molar-refractivity contribution < 1.29 is 9.90 Å². The van der Waals surface area contributed by atoms with E-state index in [0.717, 1.165) is 11.3 Å². The van der Waals surface area contributed by atoms with Gasteiger partial charge in [-0.05, 0) is 32.5 Å². The van der Waals surface area contributed by atoms with Crippen molar-refractivity contribution in [3.8, 4) is 0 Å². The van der Waals surface area contributed by atoms with E-state index in [9.17, 15) is 9.90 Å². The number of amides is 1. The van der Waals surface area contributed by atoms with E-state index in [-0.39, 0.29) is 19.1 Å². The third kappa shape index (κ3) is 4.31. The lowest BCUT2D eigenvalue weighted by molar-refractivity contribution is -0.118. The summed E-state index contributed by atoms with van der Waals surface area (Å²) < 4.78 is 0. The van der Waals surface area contributed by atoms with Crippen molar-refractivity contribution in [2.45, 2.75) is 25.9 Å². The van der Waals surface area contributed by atoms with Crippen LogP contribution in [-0.4, -0.2) is 41.7 Å². The van der Waals surface area contributed by atoms with E-state index < -0.39 is 5.54 Å². The molecule has 1 aromatic rings. The van der Waals surface area contributed by atoms with Gasteiger partial charge in [-0.2, -0.15) is 0 Å². The summed E-state index contributed by atoms with van der Waals surface area (Å²) in [6.45, 7) is 4.36. The lowest BCUT2D eigenvalue weighted by Crippen LogP contribution is -2.47. The molecule has 1 aromatic carbocycles. The zero-order valence-corrected chi connectivity index (χ0v) is 11.8. The fourth-order valence-corrected chi connectivity index (χ4v) is 1.56. The van der Waals surface area contributed by atoms with E-state index in [4.69, 9.17) is 5.73 Å². The molecule has 5 nitrogen and oxygen atoms in total. The minimum Gasteiger partial charge on any atom is -0.394 e. The summed E-state index contributed by atoms with van der Waals surface area (Å²) in [7, 11) is 1.81. The van der Waals surface area contributed by atoms with Gasteiger partial charge in [0.05, 0.1) is 13.2 Å². The Bertz CT molecular complexity index is 432. The van der Waals surface area contributed by atoms with Crippen molar-refractivity contribution in [1.29, 1.82) is 0 Å². The minimum atomic E-state index is -0.426. The van der Waals surface area contributed by atoms with Crippen LogP contribution in [0.5, 0.6) is 0 Å². The van der Waals surface area contributed by atoms with Crippen LogP contribution in [0, 0.1) is 0 Å². The van der Waals surface area contributed by atoms with Crippen molar-refractivity contribution in [3.63, 3.8) is 0 Å². The molecule has 0 bridgehead atoms. The standard InChI is InChI=1S/C14H23N3O2/c1-14(2,10-18)17(3)9-13(19)16-12-7-5-4-6-11(12)8-15/h4-7,18H,8-10,15H2,1-3H3,(H,16,19). The molecule has 0 spiro atoms. The molecule has 1 rings (SSSR count). The maximum Gasteiger partial charge on any atom is 0.238 e. The van der Waals surface area contributed by atoms with Gasteiger partial charge in [0, 0.05) is 17.8 Å². The number of benzene rings is 1. The number of nitrogens with two attached hydrogens (primary N) is 1. The van der Waals surface area contributed by atoms with Crippen LogP contribution < -0.4 is 11.1 Å². The quantitative estimate of drug-likeness (QED) is 0.710. The molecular formula is C14H23N3O2. The van der Waals surface area contributed by atoms with E-state index in [1.54, 1.807) is 0 Å². The van der Waals surface area contributed by atoms with Gasteiger partial charge in [0.25, 0.3) is 0 Å². The Kier molecular flexibility index (Phi) is 5.47. The van der Waals surface area contributed by atoms with Crippen molar-refractivity contribution >= 4 is 11.6 Å². The number of likely N-dealkylation sites (N-methyl/N-ethyl adjacent to an activating group) is 1. The van der Waals surface area contributed by atoms with E-state index >= 15 is 0 Å². The second kappa shape index (κ2) is 6.65. The first-order valence-corrected chi connectivity index (χ1v) is 6.30. The highest BCUT2D eigenvalue weighted by Gasteiger charge is 2.24. The number of rotatable bonds is 6. The van der Waals surface area contributed by atoms with Crippen LogP contribution in [0.25, 0.3) is 0 Å². The van der Waals surface area contributed by atoms with Crippen molar-refractivity contribution in [1.82, 2.24) is 4.90 Å². The first kappa shape index (κ1) is 15.6. The molecule has 19 heavy (non-hydrogen) atoms. The molecule has 0 fully saturated rings. The number of aliphatic hydroxyl groups is 1. The SMILES string of the molecule is CN(CC(=O)Nc1ccccc1CN)C(C)(C)CO. The average Bonchev–Trinajstić information content (AvgIpc) is 2.39. The van der Waals surface area contributed by atoms with Gasteiger partial charge in [0.15, 0.2) is 0 Å². The van der Waals surface area contributed by atoms with E-state index in [2.05, 4.69) is 5.32 Å². The highest BCUT2D eigenvalue weighted by atomic mass is 16.3. The summed E-state index contributed by atoms with van der Waals surface area (Å²) >= 11 is 0. The Labute approximate surface area is 114 Å². The van der Waals surface area contributed by atoms with Crippen LogP contribution in [0.15, 0.2) is 24.3 Å². The first-order chi connectivity index (χ1) is 8.90. The average molecular weight is 265 g/mol. The molecule has 0 heterocycles. The summed E-state index contributed by atoms with van der Waals surface area (Å²) in [6, 6.07) is 7.46. The molecule has 4 N–H and O–H groups in total. The molecule has 0 unspecified atom stereocenters. The molecule has 0 aliphatic heterocycles. The summed E-state index contributed by atoms with van der Waals surface area (Å²) in [6.07, 6.45) is 0. The molecule has 5 heteroatoms. The third-order valence-corrected chi connectivity index (χ3v) is 3.31. The Morgan fingerprint density at radius 1 is 1.42 bits per heavy atom. The third-order valence-electron chi connectivity index (χ3n) is 3.31. The number of aliphatic hydroxyl groups excluding tert-OH is 1. The molecule has 0 aromatic heterocycles. The molecule has 0 saturated carbocycles. The smallest absolute Gasteiger partial charge is 0.238 e. The molecule has 0 aliphatic rings. The second-order valence-electron chi connectivity index (χ2n) is 5.24. The molecule has 106 valence electrons. The lowest BCUT2D eigenvalue weighted by Gasteiger charge is -2.33. The van der Waals surface area contributed by atoms with Crippen LogP contribution >= 0.6 is 0 Å². The van der Waals surface area contributed by atoms with Crippen LogP contribution in [0.3, 0.4) is 0 Å². The highest BCUT2D eigenvalue weighted by molar-refractivity contribution is 5.93. The topological polar surface area (TPSA) is 78.6 Å². The van der Waals surface area contributed by atoms with Gasteiger partial charge < -0.3 is 16.2 Å². The van der Waals surface area contributed by atoms with Gasteiger partial charge in [0.2, 0.25) is 5.91 Å². The predicted octanol–water partition coefficient (Wildman–Crippen LogP) is 0.786. The number of carbonyl (C=O) groups is 1. The fraction of sp³-hybridized carbons (Fsp3) is 0.500. The molecule has 0 aliphatic carbocycles. The number of carbonyl (C=O) groups excluding carboxylic acids is 1. The van der Waals surface area contributed by atoms with Crippen LogP contribution in [0.1, 0.15) is 19.4 Å². The van der Waals surface area contributed by atoms with E-state index in [1.807, 2.05) is 50.1 Å². The molecule has 1 amide bonds. The lowest BCUT2D eigenvalue weighted by atomic mass is 10.1. The fourth-order valence-electron chi connectivity index (χ4n) is 1.56. The summed E-state index contributed by atoms with van der Waals surface area (Å²) in [5.41, 5.74) is 6.84. The van der Waals surface area contributed by atoms with Gasteiger partial charge in [-0.1, -0.05) is 18.2 Å². The summed E-state index contributed by atoms with van der Waals surface area (Å²) in [4.78, 5) is 13.8. The predicted molar refractivity (Wildman–Crippen MR) is 76.8 cm³/mol. The van der Waals surface area contributed by atoms with Crippen LogP contribution in [0.4, 0.5) is 5.69 Å². The molecule has 0 saturated heterocycles. The summed E-state index contributed by atoms with van der Waals surface area (Å²) in [5.74, 6) is -0.120. The number of anilines is 1. The normalized spacial score (nSPS) is 11.7. The van der Waals surface area contributed by atoms with Gasteiger partial charge in [0.1, 0.15) is 0 Å². The van der Waals surface area contributed by atoms with E-state index in [1.165, 1.54) is 0 Å². The van der Waals surface area contributed by atoms with Crippen molar-refractivity contribution in [3.05, 3.63) is 29.8 Å². The molecule has 0 atom stereocenters. The van der Waals surface area contributed by atoms with Gasteiger partial charge >= 0.3 is 0 Å². The minimum absolute atomic E-state index is 0.00380. The number of nitrogens with one attached hydrogen (secondary N) is 1. The molecular weight excluding hydrogens is 242 g/mol. The Hall–Kier alpha value is -1.43. The summed E-state index contributed by atoms with van der Waals surface area (Å²) in [5, 5.41) is 12.1. The monoisotopic (exact) mass is 265 g/mol. The van der Waals surface area contributed by atoms with Crippen molar-refractivity contribution in [2.75, 3.05) is 25.5 Å². The van der Waals surface area contributed by atoms with Crippen LogP contribution in [-0.2, 0) is 11.3 Å². The first-order valence-electron chi connectivity index (χ1n) is 6.30. The van der Waals surface area contributed by atoms with Gasteiger partial charge in [-0.25, -0.2) is 0 Å². The number of hydrogen-bond acceptors (Lipinski definition) is 4. The maximum absolute atomic E-state index is 12.0. The van der Waals surface area contributed by atoms with E-state index in [0.29, 0.717) is 6.54 Å². The Morgan fingerprint density at radius 2 is 2.05 bits per heavy atom. The van der Waals surface area contributed by atoms with Crippen molar-refractivity contribution in [2.24, 2.45) is 5.73 Å². The number of nitrogens with zero attached hydrogens (tertiary/aromatic N) is 1. The van der Waals surface area contributed by atoms with Gasteiger partial charge in [-0.3, -0.25) is 9.69 Å². The molecule has 0 radical (unpaired) electrons. The highest BCUT2D eigenvalue weighted by Crippen LogP contribution is 2.15.